The predicted octanol–water partition coefficient (Wildman–Crippen LogP) is 7.41. The summed E-state index contributed by atoms with van der Waals surface area (Å²) in [6.45, 7) is 21.3. The Bertz CT molecular complexity index is 991. The molecule has 3 nitrogen and oxygen atoms in total. The minimum atomic E-state index is -0.363. The van der Waals surface area contributed by atoms with Gasteiger partial charge in [-0.05, 0) is 73.8 Å². The maximum atomic E-state index is 12.8. The van der Waals surface area contributed by atoms with Gasteiger partial charge < -0.3 is 10.1 Å². The summed E-state index contributed by atoms with van der Waals surface area (Å²) in [5.74, 6) is 1.66. The van der Waals surface area contributed by atoms with E-state index >= 15 is 0 Å². The molecule has 1 amide bonds. The van der Waals surface area contributed by atoms with Crippen molar-refractivity contribution in [3.05, 3.63) is 57.6 Å². The van der Waals surface area contributed by atoms with Crippen molar-refractivity contribution in [2.24, 2.45) is 5.41 Å². The van der Waals surface area contributed by atoms with E-state index in [4.69, 9.17) is 4.74 Å². The summed E-state index contributed by atoms with van der Waals surface area (Å²) in [7, 11) is 0. The van der Waals surface area contributed by atoms with Crippen LogP contribution < -0.4 is 10.1 Å². The Morgan fingerprint density at radius 3 is 2.13 bits per heavy atom. The number of rotatable bonds is 4. The molecule has 1 aliphatic heterocycles. The lowest BCUT2D eigenvalue weighted by Crippen LogP contribution is -2.31. The molecule has 0 saturated heterocycles. The molecule has 0 aliphatic carbocycles. The Hall–Kier alpha value is -2.29. The summed E-state index contributed by atoms with van der Waals surface area (Å²) >= 11 is 0. The van der Waals surface area contributed by atoms with Crippen LogP contribution in [0.25, 0.3) is 0 Å². The zero-order valence-electron chi connectivity index (χ0n) is 21.0. The van der Waals surface area contributed by atoms with E-state index in [2.05, 4.69) is 98.8 Å². The maximum absolute atomic E-state index is 12.8. The normalized spacial score (nSPS) is 17.5. The third-order valence-corrected chi connectivity index (χ3v) is 6.54. The fraction of sp³-hybridized carbons (Fsp3) is 0.536. The summed E-state index contributed by atoms with van der Waals surface area (Å²) in [6, 6.07) is 8.95. The number of fused-ring (bicyclic) bond motifs is 1. The van der Waals surface area contributed by atoms with Gasteiger partial charge in [-0.3, -0.25) is 4.79 Å². The third kappa shape index (κ3) is 4.51. The van der Waals surface area contributed by atoms with Crippen molar-refractivity contribution in [1.29, 1.82) is 0 Å². The Morgan fingerprint density at radius 1 is 1.03 bits per heavy atom. The second kappa shape index (κ2) is 8.00. The van der Waals surface area contributed by atoms with Gasteiger partial charge in [0, 0.05) is 17.7 Å². The summed E-state index contributed by atoms with van der Waals surface area (Å²) in [6.07, 6.45) is 0.490. The van der Waals surface area contributed by atoms with Crippen LogP contribution in [0.2, 0.25) is 0 Å². The van der Waals surface area contributed by atoms with Crippen LogP contribution in [-0.2, 0) is 4.79 Å². The Labute approximate surface area is 188 Å². The van der Waals surface area contributed by atoms with E-state index in [9.17, 15) is 4.79 Å². The predicted molar refractivity (Wildman–Crippen MR) is 130 cm³/mol. The highest BCUT2D eigenvalue weighted by atomic mass is 16.5. The van der Waals surface area contributed by atoms with Crippen molar-refractivity contribution >= 4 is 11.6 Å². The smallest absolute Gasteiger partial charge is 0.224 e. The average Bonchev–Trinajstić information content (AvgIpc) is 2.93. The van der Waals surface area contributed by atoms with Gasteiger partial charge in [0.25, 0.3) is 0 Å². The van der Waals surface area contributed by atoms with Gasteiger partial charge in [-0.1, -0.05) is 58.9 Å². The van der Waals surface area contributed by atoms with Gasteiger partial charge >= 0.3 is 0 Å². The van der Waals surface area contributed by atoms with Gasteiger partial charge in [-0.25, -0.2) is 0 Å². The molecule has 3 rings (SSSR count). The zero-order valence-corrected chi connectivity index (χ0v) is 21.0. The molecule has 0 fully saturated rings. The van der Waals surface area contributed by atoms with E-state index in [0.29, 0.717) is 12.3 Å². The molecule has 0 aromatic heterocycles. The first-order chi connectivity index (χ1) is 14.2. The molecular weight excluding hydrogens is 382 g/mol. The molecule has 2 aromatic carbocycles. The van der Waals surface area contributed by atoms with Crippen molar-refractivity contribution in [3.8, 4) is 5.75 Å². The fourth-order valence-corrected chi connectivity index (χ4v) is 4.79. The molecule has 31 heavy (non-hydrogen) atoms. The molecule has 0 bridgehead atoms. The van der Waals surface area contributed by atoms with E-state index in [-0.39, 0.29) is 22.8 Å². The van der Waals surface area contributed by atoms with Crippen molar-refractivity contribution in [2.75, 3.05) is 5.32 Å². The molecule has 0 spiro atoms. The largest absolute Gasteiger partial charge is 0.486 e. The average molecular weight is 422 g/mol. The Morgan fingerprint density at radius 2 is 1.61 bits per heavy atom. The fourth-order valence-electron chi connectivity index (χ4n) is 4.79. The van der Waals surface area contributed by atoms with Gasteiger partial charge in [0.15, 0.2) is 0 Å². The molecule has 3 heteroatoms. The molecule has 0 radical (unpaired) electrons. The second-order valence-corrected chi connectivity index (χ2v) is 11.2. The van der Waals surface area contributed by atoms with Gasteiger partial charge in [0.05, 0.1) is 5.92 Å². The Kier molecular flexibility index (Phi) is 6.03. The summed E-state index contributed by atoms with van der Waals surface area (Å²) < 4.78 is 6.56. The first-order valence-electron chi connectivity index (χ1n) is 11.5. The first-order valence-corrected chi connectivity index (χ1v) is 11.5. The van der Waals surface area contributed by atoms with E-state index in [0.717, 1.165) is 28.1 Å². The van der Waals surface area contributed by atoms with E-state index < -0.39 is 0 Å². The molecule has 168 valence electrons. The van der Waals surface area contributed by atoms with Crippen molar-refractivity contribution < 1.29 is 9.53 Å². The quantitative estimate of drug-likeness (QED) is 0.558. The number of anilines is 1. The Balaban J connectivity index is 2.11. The molecule has 1 unspecified atom stereocenters. The number of hydrogen-bond acceptors (Lipinski definition) is 2. The van der Waals surface area contributed by atoms with Gasteiger partial charge in [0.2, 0.25) is 5.91 Å². The number of amides is 1. The molecule has 1 atom stereocenters. The number of benzene rings is 2. The topological polar surface area (TPSA) is 38.3 Å². The van der Waals surface area contributed by atoms with Crippen molar-refractivity contribution in [1.82, 2.24) is 0 Å². The van der Waals surface area contributed by atoms with Gasteiger partial charge in [0.1, 0.15) is 11.4 Å². The number of ether oxygens (including phenoxy) is 1. The molecule has 1 N–H and O–H groups in total. The van der Waals surface area contributed by atoms with Crippen LogP contribution in [0.4, 0.5) is 5.69 Å². The van der Waals surface area contributed by atoms with Crippen LogP contribution in [0.15, 0.2) is 24.3 Å². The molecule has 2 aromatic rings. The van der Waals surface area contributed by atoms with E-state index in [1.54, 1.807) is 0 Å². The molecule has 0 saturated carbocycles. The SMILES string of the molecule is Cc1c(C)c2c(c(C)c1NC(=O)CC(C)(C)C)C(c1ccc(C(C)C)cc1)C(C)(C)O2. The van der Waals surface area contributed by atoms with E-state index in [1.807, 2.05) is 0 Å². The maximum Gasteiger partial charge on any atom is 0.224 e. The van der Waals surface area contributed by atoms with Crippen LogP contribution in [0, 0.1) is 26.2 Å². The minimum absolute atomic E-state index is 0.0521. The van der Waals surface area contributed by atoms with Gasteiger partial charge in [-0.2, -0.15) is 0 Å². The highest BCUT2D eigenvalue weighted by Gasteiger charge is 2.45. The van der Waals surface area contributed by atoms with Crippen LogP contribution in [-0.4, -0.2) is 11.5 Å². The minimum Gasteiger partial charge on any atom is -0.486 e. The van der Waals surface area contributed by atoms with Crippen LogP contribution in [0.3, 0.4) is 0 Å². The summed E-state index contributed by atoms with van der Waals surface area (Å²) in [5.41, 5.74) is 7.64. The number of nitrogens with one attached hydrogen (secondary N) is 1. The summed E-state index contributed by atoms with van der Waals surface area (Å²) in [5, 5.41) is 3.23. The molecule has 1 aliphatic rings. The second-order valence-electron chi connectivity index (χ2n) is 11.2. The first kappa shape index (κ1) is 23.4. The highest BCUT2D eigenvalue weighted by Crippen LogP contribution is 2.53. The number of carbonyl (C=O) groups excluding carboxylic acids is 1. The molecular formula is C28H39NO2. The van der Waals surface area contributed by atoms with Crippen LogP contribution >= 0.6 is 0 Å². The monoisotopic (exact) mass is 421 g/mol. The number of carbonyl (C=O) groups is 1. The lowest BCUT2D eigenvalue weighted by Gasteiger charge is -2.27. The summed E-state index contributed by atoms with van der Waals surface area (Å²) in [4.78, 5) is 12.8. The zero-order chi connectivity index (χ0) is 23.3. The van der Waals surface area contributed by atoms with Crippen molar-refractivity contribution in [2.45, 2.75) is 93.1 Å². The number of hydrogen-bond donors (Lipinski definition) is 1. The van der Waals surface area contributed by atoms with Gasteiger partial charge in [-0.15, -0.1) is 0 Å². The molecule has 1 heterocycles. The lowest BCUT2D eigenvalue weighted by molar-refractivity contribution is -0.117. The van der Waals surface area contributed by atoms with Crippen molar-refractivity contribution in [3.63, 3.8) is 0 Å². The van der Waals surface area contributed by atoms with E-state index in [1.165, 1.54) is 16.7 Å². The van der Waals surface area contributed by atoms with Crippen LogP contribution in [0.5, 0.6) is 5.75 Å². The highest BCUT2D eigenvalue weighted by molar-refractivity contribution is 5.94. The third-order valence-electron chi connectivity index (χ3n) is 6.54. The van der Waals surface area contributed by atoms with Crippen LogP contribution in [0.1, 0.15) is 100 Å². The lowest BCUT2D eigenvalue weighted by atomic mass is 9.78. The standard InChI is InChI=1S/C28H39NO2/c1-16(2)20-11-13-21(14-12-20)24-23-19(5)25(29-22(30)15-27(6,7)8)17(3)18(4)26(23)31-28(24,9)10/h11-14,16,24H,15H2,1-10H3,(H,29,30).